The Bertz CT molecular complexity index is 613. The summed E-state index contributed by atoms with van der Waals surface area (Å²) in [5.74, 6) is 0. The molecule has 2 aromatic carbocycles. The zero-order valence-electron chi connectivity index (χ0n) is 11.9. The summed E-state index contributed by atoms with van der Waals surface area (Å²) in [4.78, 5) is 0. The van der Waals surface area contributed by atoms with Crippen molar-refractivity contribution in [1.82, 2.24) is 5.32 Å². The second-order valence-corrected chi connectivity index (χ2v) is 6.37. The molecule has 3 rings (SSSR count). The molecule has 3 heteroatoms. The highest BCUT2D eigenvalue weighted by Crippen LogP contribution is 2.35. The molecule has 0 bridgehead atoms. The Morgan fingerprint density at radius 1 is 1.15 bits per heavy atom. The third-order valence-corrected chi connectivity index (χ3v) is 4.88. The van der Waals surface area contributed by atoms with Gasteiger partial charge in [0.15, 0.2) is 0 Å². The van der Waals surface area contributed by atoms with Gasteiger partial charge in [0.25, 0.3) is 0 Å². The molecule has 0 aliphatic carbocycles. The topological polar surface area (TPSA) is 21.3 Å². The molecule has 0 saturated carbocycles. The van der Waals surface area contributed by atoms with E-state index in [0.29, 0.717) is 6.10 Å². The average molecular weight is 334 g/mol. The lowest BCUT2D eigenvalue weighted by Crippen LogP contribution is -2.29. The van der Waals surface area contributed by atoms with E-state index in [0.717, 1.165) is 17.3 Å². The normalized spacial score (nSPS) is 24.1. The molecular formula is C17H20BrNO. The molecule has 2 aromatic rings. The minimum absolute atomic E-state index is 0.248. The molecule has 0 radical (unpaired) electrons. The predicted molar refractivity (Wildman–Crippen MR) is 87.0 cm³/mol. The van der Waals surface area contributed by atoms with E-state index in [1.165, 1.54) is 16.3 Å². The lowest BCUT2D eigenvalue weighted by molar-refractivity contribution is 0.0336. The van der Waals surface area contributed by atoms with Crippen molar-refractivity contribution in [3.63, 3.8) is 0 Å². The van der Waals surface area contributed by atoms with E-state index in [4.69, 9.17) is 4.74 Å². The SMILES string of the molecule is CNC(c1ccc(Br)c2ccccc12)C1CCC(C)O1. The van der Waals surface area contributed by atoms with Gasteiger partial charge in [-0.25, -0.2) is 0 Å². The molecule has 1 aliphatic rings. The van der Waals surface area contributed by atoms with Crippen molar-refractivity contribution in [2.75, 3.05) is 7.05 Å². The molecule has 20 heavy (non-hydrogen) atoms. The van der Waals surface area contributed by atoms with Crippen molar-refractivity contribution in [1.29, 1.82) is 0 Å². The van der Waals surface area contributed by atoms with E-state index in [1.54, 1.807) is 0 Å². The number of hydrogen-bond acceptors (Lipinski definition) is 2. The lowest BCUT2D eigenvalue weighted by Gasteiger charge is -2.25. The molecule has 1 N–H and O–H groups in total. The van der Waals surface area contributed by atoms with E-state index in [9.17, 15) is 0 Å². The Labute approximate surface area is 128 Å². The van der Waals surface area contributed by atoms with Gasteiger partial charge in [-0.15, -0.1) is 0 Å². The van der Waals surface area contributed by atoms with Crippen LogP contribution in [0, 0.1) is 0 Å². The summed E-state index contributed by atoms with van der Waals surface area (Å²) in [5.41, 5.74) is 1.32. The first-order valence-corrected chi connectivity index (χ1v) is 8.00. The van der Waals surface area contributed by atoms with Crippen LogP contribution in [0.3, 0.4) is 0 Å². The molecule has 1 fully saturated rings. The number of likely N-dealkylation sites (N-methyl/N-ethyl adjacent to an activating group) is 1. The highest BCUT2D eigenvalue weighted by atomic mass is 79.9. The van der Waals surface area contributed by atoms with Crippen molar-refractivity contribution < 1.29 is 4.74 Å². The lowest BCUT2D eigenvalue weighted by atomic mass is 9.94. The van der Waals surface area contributed by atoms with Crippen LogP contribution in [0.5, 0.6) is 0 Å². The summed E-state index contributed by atoms with van der Waals surface area (Å²) < 4.78 is 7.22. The number of fused-ring (bicyclic) bond motifs is 1. The summed E-state index contributed by atoms with van der Waals surface area (Å²) in [6.07, 6.45) is 2.91. The van der Waals surface area contributed by atoms with Gasteiger partial charge in [-0.1, -0.05) is 46.3 Å². The zero-order valence-corrected chi connectivity index (χ0v) is 13.5. The quantitative estimate of drug-likeness (QED) is 0.897. The highest BCUT2D eigenvalue weighted by molar-refractivity contribution is 9.10. The van der Waals surface area contributed by atoms with Gasteiger partial charge in [-0.2, -0.15) is 0 Å². The standard InChI is InChI=1S/C17H20BrNO/c1-11-7-10-16(20-11)17(19-2)14-8-9-15(18)13-6-4-3-5-12(13)14/h3-6,8-9,11,16-17,19H,7,10H2,1-2H3. The van der Waals surface area contributed by atoms with E-state index < -0.39 is 0 Å². The maximum absolute atomic E-state index is 6.07. The van der Waals surface area contributed by atoms with Crippen LogP contribution >= 0.6 is 15.9 Å². The van der Waals surface area contributed by atoms with Crippen LogP contribution < -0.4 is 5.32 Å². The number of rotatable bonds is 3. The molecule has 1 heterocycles. The van der Waals surface area contributed by atoms with E-state index in [2.05, 4.69) is 64.6 Å². The number of ether oxygens (including phenoxy) is 1. The van der Waals surface area contributed by atoms with Crippen molar-refractivity contribution in [3.8, 4) is 0 Å². The van der Waals surface area contributed by atoms with Gasteiger partial charge in [-0.3, -0.25) is 0 Å². The van der Waals surface area contributed by atoms with Crippen LogP contribution in [0.1, 0.15) is 31.4 Å². The molecule has 1 aliphatic heterocycles. The van der Waals surface area contributed by atoms with Gasteiger partial charge in [-0.05, 0) is 49.2 Å². The fourth-order valence-corrected chi connectivity index (χ4v) is 3.66. The number of halogens is 1. The summed E-state index contributed by atoms with van der Waals surface area (Å²) in [5, 5.41) is 6.01. The molecule has 3 atom stereocenters. The third-order valence-electron chi connectivity index (χ3n) is 4.19. The fraction of sp³-hybridized carbons (Fsp3) is 0.412. The monoisotopic (exact) mass is 333 g/mol. The summed E-state index contributed by atoms with van der Waals surface area (Å²) in [6.45, 7) is 2.16. The molecule has 106 valence electrons. The van der Waals surface area contributed by atoms with Gasteiger partial charge in [0.2, 0.25) is 0 Å². The average Bonchev–Trinajstić information content (AvgIpc) is 2.89. The molecule has 2 nitrogen and oxygen atoms in total. The maximum atomic E-state index is 6.07. The van der Waals surface area contributed by atoms with Gasteiger partial charge in [0.05, 0.1) is 18.2 Å². The van der Waals surface area contributed by atoms with Crippen LogP contribution in [0.2, 0.25) is 0 Å². The van der Waals surface area contributed by atoms with Gasteiger partial charge in [0.1, 0.15) is 0 Å². The van der Waals surface area contributed by atoms with Crippen LogP contribution in [-0.2, 0) is 4.74 Å². The minimum atomic E-state index is 0.248. The zero-order chi connectivity index (χ0) is 14.1. The van der Waals surface area contributed by atoms with Crippen molar-refractivity contribution in [2.24, 2.45) is 0 Å². The molecule has 3 unspecified atom stereocenters. The Morgan fingerprint density at radius 3 is 2.55 bits per heavy atom. The molecule has 0 spiro atoms. The Balaban J connectivity index is 2.06. The second-order valence-electron chi connectivity index (χ2n) is 5.51. The summed E-state index contributed by atoms with van der Waals surface area (Å²) >= 11 is 3.64. The predicted octanol–water partition coefficient (Wildman–Crippen LogP) is 4.43. The van der Waals surface area contributed by atoms with Crippen molar-refractivity contribution in [3.05, 3.63) is 46.4 Å². The minimum Gasteiger partial charge on any atom is -0.373 e. The van der Waals surface area contributed by atoms with Crippen molar-refractivity contribution >= 4 is 26.7 Å². The maximum Gasteiger partial charge on any atom is 0.0774 e. The Morgan fingerprint density at radius 2 is 1.90 bits per heavy atom. The Kier molecular flexibility index (Phi) is 4.11. The van der Waals surface area contributed by atoms with E-state index in [-0.39, 0.29) is 12.1 Å². The molecule has 0 aromatic heterocycles. The van der Waals surface area contributed by atoms with E-state index in [1.807, 2.05) is 7.05 Å². The second kappa shape index (κ2) is 5.84. The van der Waals surface area contributed by atoms with Gasteiger partial charge in [0, 0.05) is 4.47 Å². The smallest absolute Gasteiger partial charge is 0.0774 e. The van der Waals surface area contributed by atoms with Gasteiger partial charge < -0.3 is 10.1 Å². The number of benzene rings is 2. The largest absolute Gasteiger partial charge is 0.373 e. The van der Waals surface area contributed by atoms with Crippen LogP contribution in [-0.4, -0.2) is 19.3 Å². The first kappa shape index (κ1) is 14.1. The van der Waals surface area contributed by atoms with Crippen LogP contribution in [0.4, 0.5) is 0 Å². The Hall–Kier alpha value is -0.900. The summed E-state index contributed by atoms with van der Waals surface area (Å²) in [6, 6.07) is 13.1. The summed E-state index contributed by atoms with van der Waals surface area (Å²) in [7, 11) is 2.02. The van der Waals surface area contributed by atoms with Crippen LogP contribution in [0.25, 0.3) is 10.8 Å². The fourth-order valence-electron chi connectivity index (χ4n) is 3.18. The first-order valence-electron chi connectivity index (χ1n) is 7.20. The molecule has 0 amide bonds. The van der Waals surface area contributed by atoms with Crippen molar-refractivity contribution in [2.45, 2.75) is 38.0 Å². The van der Waals surface area contributed by atoms with Gasteiger partial charge >= 0.3 is 0 Å². The third kappa shape index (κ3) is 2.50. The highest BCUT2D eigenvalue weighted by Gasteiger charge is 2.30. The van der Waals surface area contributed by atoms with E-state index >= 15 is 0 Å². The molecule has 1 saturated heterocycles. The number of hydrogen-bond donors (Lipinski definition) is 1. The van der Waals surface area contributed by atoms with Crippen LogP contribution in [0.15, 0.2) is 40.9 Å². The number of nitrogens with one attached hydrogen (secondary N) is 1. The molecular weight excluding hydrogens is 314 g/mol. The first-order chi connectivity index (χ1) is 9.70.